The first-order valence-corrected chi connectivity index (χ1v) is 11.1. The summed E-state index contributed by atoms with van der Waals surface area (Å²) in [5.41, 5.74) is 2.46. The highest BCUT2D eigenvalue weighted by molar-refractivity contribution is 8.00. The Bertz CT molecular complexity index is 1240. The van der Waals surface area contributed by atoms with E-state index in [1.54, 1.807) is 6.92 Å². The van der Waals surface area contributed by atoms with Gasteiger partial charge in [0.2, 0.25) is 5.91 Å². The van der Waals surface area contributed by atoms with Crippen molar-refractivity contribution in [3.05, 3.63) is 82.0 Å². The molecule has 152 valence electrons. The van der Waals surface area contributed by atoms with Crippen LogP contribution in [0.4, 0.5) is 0 Å². The maximum Gasteiger partial charge on any atom is 0.282 e. The molecular weight excluding hydrogens is 416 g/mol. The monoisotopic (exact) mass is 436 g/mol. The number of nitrogens with two attached hydrogens (primary N) is 1. The highest BCUT2D eigenvalue weighted by Gasteiger charge is 2.20. The number of carbonyl (C=O) groups excluding carboxylic acids is 1. The Kier molecular flexibility index (Phi) is 5.87. The van der Waals surface area contributed by atoms with Crippen LogP contribution in [0, 0.1) is 0 Å². The van der Waals surface area contributed by atoms with E-state index in [9.17, 15) is 9.59 Å². The molecule has 2 aromatic heterocycles. The predicted molar refractivity (Wildman–Crippen MR) is 123 cm³/mol. The molecule has 0 aliphatic rings. The molecule has 0 aliphatic carbocycles. The lowest BCUT2D eigenvalue weighted by Gasteiger charge is -2.13. The maximum atomic E-state index is 13.0. The molecule has 1 unspecified atom stereocenters. The fraction of sp³-hybridized carbons (Fsp3) is 0.136. The highest BCUT2D eigenvalue weighted by Crippen LogP contribution is 2.32. The minimum atomic E-state index is -0.457. The van der Waals surface area contributed by atoms with E-state index in [4.69, 9.17) is 5.84 Å². The van der Waals surface area contributed by atoms with Gasteiger partial charge in [0.25, 0.3) is 5.56 Å². The van der Waals surface area contributed by atoms with E-state index in [1.807, 2.05) is 66.0 Å². The first kappa shape index (κ1) is 20.2. The molecule has 0 spiro atoms. The lowest BCUT2D eigenvalue weighted by Crippen LogP contribution is -2.33. The smallest absolute Gasteiger partial charge is 0.282 e. The number of carbonyl (C=O) groups is 1. The molecule has 6 nitrogen and oxygen atoms in total. The molecule has 0 bridgehead atoms. The molecule has 0 saturated heterocycles. The molecule has 2 aromatic carbocycles. The third-order valence-corrected chi connectivity index (χ3v) is 6.59. The maximum absolute atomic E-state index is 13.0. The van der Waals surface area contributed by atoms with E-state index in [1.165, 1.54) is 23.1 Å². The Labute approximate surface area is 181 Å². The van der Waals surface area contributed by atoms with Crippen LogP contribution >= 0.6 is 23.1 Å². The van der Waals surface area contributed by atoms with Crippen LogP contribution in [-0.2, 0) is 11.3 Å². The van der Waals surface area contributed by atoms with Gasteiger partial charge >= 0.3 is 0 Å². The second kappa shape index (κ2) is 8.73. The number of rotatable bonds is 6. The first-order valence-electron chi connectivity index (χ1n) is 9.37. The van der Waals surface area contributed by atoms with Crippen molar-refractivity contribution in [2.24, 2.45) is 0 Å². The van der Waals surface area contributed by atoms with Crippen LogP contribution in [-0.4, -0.2) is 20.8 Å². The van der Waals surface area contributed by atoms with E-state index >= 15 is 0 Å². The Morgan fingerprint density at radius 1 is 1.17 bits per heavy atom. The van der Waals surface area contributed by atoms with Crippen molar-refractivity contribution in [2.75, 3.05) is 5.84 Å². The normalized spacial score (nSPS) is 12.0. The van der Waals surface area contributed by atoms with Crippen LogP contribution < -0.4 is 16.7 Å². The van der Waals surface area contributed by atoms with Crippen LogP contribution in [0.2, 0.25) is 0 Å². The minimum absolute atomic E-state index is 0.144. The summed E-state index contributed by atoms with van der Waals surface area (Å²) in [6.07, 6.45) is 0. The fourth-order valence-electron chi connectivity index (χ4n) is 3.04. The van der Waals surface area contributed by atoms with Crippen molar-refractivity contribution in [3.63, 3.8) is 0 Å². The van der Waals surface area contributed by atoms with Crippen molar-refractivity contribution in [2.45, 2.75) is 23.9 Å². The molecule has 2 heterocycles. The average Bonchev–Trinajstić information content (AvgIpc) is 3.21. The molecule has 1 atom stereocenters. The molecule has 1 amide bonds. The van der Waals surface area contributed by atoms with Gasteiger partial charge in [-0.05, 0) is 18.1 Å². The number of nitrogens with one attached hydrogen (secondary N) is 1. The lowest BCUT2D eigenvalue weighted by atomic mass is 10.1. The van der Waals surface area contributed by atoms with Crippen LogP contribution in [0.25, 0.3) is 21.3 Å². The van der Waals surface area contributed by atoms with Crippen LogP contribution in [0.3, 0.4) is 0 Å². The number of thiophene rings is 1. The van der Waals surface area contributed by atoms with Gasteiger partial charge in [-0.2, -0.15) is 0 Å². The molecule has 4 rings (SSSR count). The number of nitrogen functional groups attached to an aromatic ring is 1. The zero-order chi connectivity index (χ0) is 21.1. The van der Waals surface area contributed by atoms with Crippen molar-refractivity contribution < 1.29 is 4.79 Å². The first-order chi connectivity index (χ1) is 14.5. The molecular formula is C22H20N4O2S2. The number of aromatic nitrogens is 2. The SMILES string of the molecule is CC(Sc1nc2scc(-c3ccccc3)c2c(=O)n1N)C(=O)NCc1ccccc1. The zero-order valence-corrected chi connectivity index (χ0v) is 17.9. The number of amides is 1. The van der Waals surface area contributed by atoms with E-state index in [2.05, 4.69) is 10.3 Å². The second-order valence-electron chi connectivity index (χ2n) is 6.73. The standard InChI is InChI=1S/C22H20N4O2S2/c1-14(19(27)24-12-15-8-4-2-5-9-15)30-22-25-20-18(21(28)26(22)23)17(13-29-20)16-10-6-3-7-11-16/h2-11,13-14H,12,23H2,1H3,(H,24,27). The van der Waals surface area contributed by atoms with Gasteiger partial charge in [0, 0.05) is 17.5 Å². The number of benzene rings is 2. The zero-order valence-electron chi connectivity index (χ0n) is 16.2. The Balaban J connectivity index is 1.55. The Morgan fingerprint density at radius 2 is 1.83 bits per heavy atom. The molecule has 0 saturated carbocycles. The summed E-state index contributed by atoms with van der Waals surface area (Å²) in [7, 11) is 0. The van der Waals surface area contributed by atoms with E-state index in [-0.39, 0.29) is 11.5 Å². The van der Waals surface area contributed by atoms with Crippen molar-refractivity contribution in [1.29, 1.82) is 0 Å². The average molecular weight is 437 g/mol. The number of fused-ring (bicyclic) bond motifs is 1. The largest absolute Gasteiger partial charge is 0.351 e. The fourth-order valence-corrected chi connectivity index (χ4v) is 4.88. The second-order valence-corrected chi connectivity index (χ2v) is 8.89. The van der Waals surface area contributed by atoms with Crippen LogP contribution in [0.15, 0.2) is 76.0 Å². The number of nitrogens with zero attached hydrogens (tertiary/aromatic N) is 2. The van der Waals surface area contributed by atoms with Gasteiger partial charge < -0.3 is 11.2 Å². The van der Waals surface area contributed by atoms with Gasteiger partial charge in [0.15, 0.2) is 5.16 Å². The summed E-state index contributed by atoms with van der Waals surface area (Å²) in [5, 5.41) is 5.18. The van der Waals surface area contributed by atoms with Gasteiger partial charge in [-0.1, -0.05) is 72.4 Å². The number of thioether (sulfide) groups is 1. The van der Waals surface area contributed by atoms with Gasteiger partial charge in [-0.3, -0.25) is 9.59 Å². The summed E-state index contributed by atoms with van der Waals surface area (Å²) in [4.78, 5) is 30.6. The molecule has 4 aromatic rings. The van der Waals surface area contributed by atoms with E-state index in [0.717, 1.165) is 21.4 Å². The predicted octanol–water partition coefficient (Wildman–Crippen LogP) is 3.64. The quantitative estimate of drug-likeness (QED) is 0.274. The third-order valence-electron chi connectivity index (χ3n) is 4.65. The van der Waals surface area contributed by atoms with Crippen molar-refractivity contribution in [3.8, 4) is 11.1 Å². The lowest BCUT2D eigenvalue weighted by molar-refractivity contribution is -0.120. The summed E-state index contributed by atoms with van der Waals surface area (Å²) < 4.78 is 1.03. The minimum Gasteiger partial charge on any atom is -0.351 e. The summed E-state index contributed by atoms with van der Waals surface area (Å²) in [6.45, 7) is 2.21. The molecule has 0 aliphatic heterocycles. The topological polar surface area (TPSA) is 90.0 Å². The molecule has 0 fully saturated rings. The molecule has 8 heteroatoms. The van der Waals surface area contributed by atoms with E-state index in [0.29, 0.717) is 21.9 Å². The Morgan fingerprint density at radius 3 is 2.53 bits per heavy atom. The third kappa shape index (κ3) is 4.10. The van der Waals surface area contributed by atoms with Crippen molar-refractivity contribution in [1.82, 2.24) is 15.0 Å². The van der Waals surface area contributed by atoms with Gasteiger partial charge in [-0.25, -0.2) is 9.66 Å². The molecule has 0 radical (unpaired) electrons. The van der Waals surface area contributed by atoms with E-state index < -0.39 is 5.25 Å². The summed E-state index contributed by atoms with van der Waals surface area (Å²) >= 11 is 2.56. The summed E-state index contributed by atoms with van der Waals surface area (Å²) in [6, 6.07) is 19.4. The molecule has 3 N–H and O–H groups in total. The number of hydrogen-bond donors (Lipinski definition) is 2. The van der Waals surface area contributed by atoms with Crippen LogP contribution in [0.1, 0.15) is 12.5 Å². The highest BCUT2D eigenvalue weighted by atomic mass is 32.2. The number of hydrogen-bond acceptors (Lipinski definition) is 6. The van der Waals surface area contributed by atoms with Gasteiger partial charge in [0.1, 0.15) is 4.83 Å². The van der Waals surface area contributed by atoms with Gasteiger partial charge in [-0.15, -0.1) is 11.3 Å². The van der Waals surface area contributed by atoms with Crippen LogP contribution in [0.5, 0.6) is 0 Å². The van der Waals surface area contributed by atoms with Gasteiger partial charge in [0.05, 0.1) is 10.6 Å². The molecule has 30 heavy (non-hydrogen) atoms. The Hall–Kier alpha value is -3.10. The summed E-state index contributed by atoms with van der Waals surface area (Å²) in [5.74, 6) is 5.92. The van der Waals surface area contributed by atoms with Crippen molar-refractivity contribution >= 4 is 39.2 Å².